The van der Waals surface area contributed by atoms with E-state index >= 15 is 0 Å². The summed E-state index contributed by atoms with van der Waals surface area (Å²) >= 11 is 0. The van der Waals surface area contributed by atoms with E-state index in [1.54, 1.807) is 24.3 Å². The van der Waals surface area contributed by atoms with Gasteiger partial charge in [0.2, 0.25) is 0 Å². The third-order valence-electron chi connectivity index (χ3n) is 3.70. The molecule has 0 aliphatic rings. The maximum Gasteiger partial charge on any atom is 0.573 e. The Hall–Kier alpha value is -2.62. The summed E-state index contributed by atoms with van der Waals surface area (Å²) in [4.78, 5) is 1.11. The first-order valence-electron chi connectivity index (χ1n) is 7.96. The lowest BCUT2D eigenvalue weighted by Crippen LogP contribution is -2.40. The molecule has 0 bridgehead atoms. The van der Waals surface area contributed by atoms with Gasteiger partial charge in [-0.25, -0.2) is 0 Å². The molecular formula is C18H17F6NO3. The fourth-order valence-electron chi connectivity index (χ4n) is 2.44. The molecule has 2 aromatic carbocycles. The van der Waals surface area contributed by atoms with Crippen molar-refractivity contribution in [1.82, 2.24) is 0 Å². The Labute approximate surface area is 156 Å². The van der Waals surface area contributed by atoms with Crippen molar-refractivity contribution in [2.45, 2.75) is 25.2 Å². The second-order valence-electron chi connectivity index (χ2n) is 5.83. The van der Waals surface area contributed by atoms with Crippen molar-refractivity contribution in [3.63, 3.8) is 0 Å². The molecule has 4 nitrogen and oxygen atoms in total. The van der Waals surface area contributed by atoms with Crippen LogP contribution >= 0.6 is 0 Å². The van der Waals surface area contributed by atoms with Crippen molar-refractivity contribution in [3.8, 4) is 11.5 Å². The van der Waals surface area contributed by atoms with Crippen LogP contribution in [0.15, 0.2) is 48.5 Å². The summed E-state index contributed by atoms with van der Waals surface area (Å²) in [5.41, 5.74) is 0.559. The van der Waals surface area contributed by atoms with Gasteiger partial charge in [0.1, 0.15) is 11.5 Å². The van der Waals surface area contributed by atoms with E-state index in [4.69, 9.17) is 4.74 Å². The van der Waals surface area contributed by atoms with Crippen molar-refractivity contribution >= 4 is 5.69 Å². The molecule has 10 heteroatoms. The van der Waals surface area contributed by atoms with E-state index < -0.39 is 30.9 Å². The van der Waals surface area contributed by atoms with Crippen LogP contribution < -0.4 is 14.4 Å². The topological polar surface area (TPSA) is 41.9 Å². The largest absolute Gasteiger partial charge is 0.573 e. The van der Waals surface area contributed by atoms with Crippen molar-refractivity contribution < 1.29 is 40.9 Å². The van der Waals surface area contributed by atoms with Crippen LogP contribution in [0.1, 0.15) is 5.56 Å². The molecule has 0 saturated carbocycles. The lowest BCUT2D eigenvalue weighted by molar-refractivity contribution is -0.274. The molecule has 0 spiro atoms. The number of aliphatic hydroxyl groups is 1. The lowest BCUT2D eigenvalue weighted by Gasteiger charge is -2.29. The van der Waals surface area contributed by atoms with Crippen LogP contribution in [0.2, 0.25) is 0 Å². The molecule has 0 aliphatic carbocycles. The highest BCUT2D eigenvalue weighted by Crippen LogP contribution is 2.30. The van der Waals surface area contributed by atoms with Gasteiger partial charge in [-0.15, -0.1) is 13.2 Å². The number of benzene rings is 2. The van der Waals surface area contributed by atoms with Crippen molar-refractivity contribution in [3.05, 3.63) is 54.1 Å². The standard InChI is InChI=1S/C18H17F6NO3/c1-27-14-6-2-4-12(8-14)10-25(11-16(26)17(19,20)21)13-5-3-7-15(9-13)28-18(22,23)24/h2-9,16,26H,10-11H2,1H3. The van der Waals surface area contributed by atoms with E-state index in [0.29, 0.717) is 11.3 Å². The number of methoxy groups -OCH3 is 1. The molecule has 0 aliphatic heterocycles. The number of hydrogen-bond acceptors (Lipinski definition) is 4. The molecule has 0 saturated heterocycles. The molecule has 2 rings (SSSR count). The first-order valence-corrected chi connectivity index (χ1v) is 7.96. The average molecular weight is 409 g/mol. The highest BCUT2D eigenvalue weighted by Gasteiger charge is 2.39. The third-order valence-corrected chi connectivity index (χ3v) is 3.70. The van der Waals surface area contributed by atoms with E-state index in [1.165, 1.54) is 19.2 Å². The van der Waals surface area contributed by atoms with Gasteiger partial charge < -0.3 is 19.5 Å². The summed E-state index contributed by atoms with van der Waals surface area (Å²) in [5.74, 6) is -0.120. The highest BCUT2D eigenvalue weighted by molar-refractivity contribution is 5.51. The van der Waals surface area contributed by atoms with Crippen molar-refractivity contribution in [1.29, 1.82) is 0 Å². The van der Waals surface area contributed by atoms with E-state index in [1.807, 2.05) is 0 Å². The first-order chi connectivity index (χ1) is 13.0. The number of nitrogens with zero attached hydrogens (tertiary/aromatic N) is 1. The lowest BCUT2D eigenvalue weighted by atomic mass is 10.1. The molecule has 154 valence electrons. The Morgan fingerprint density at radius 3 is 2.21 bits per heavy atom. The van der Waals surface area contributed by atoms with Gasteiger partial charge in [-0.2, -0.15) is 13.2 Å². The predicted molar refractivity (Wildman–Crippen MR) is 89.2 cm³/mol. The molecule has 2 aromatic rings. The number of hydrogen-bond donors (Lipinski definition) is 1. The zero-order valence-electron chi connectivity index (χ0n) is 14.6. The van der Waals surface area contributed by atoms with E-state index in [2.05, 4.69) is 4.74 Å². The second kappa shape index (κ2) is 8.59. The molecule has 1 unspecified atom stereocenters. The molecular weight excluding hydrogens is 392 g/mol. The van der Waals surface area contributed by atoms with E-state index in [9.17, 15) is 31.4 Å². The summed E-state index contributed by atoms with van der Waals surface area (Å²) in [7, 11) is 1.42. The van der Waals surface area contributed by atoms with E-state index in [0.717, 1.165) is 17.0 Å². The van der Waals surface area contributed by atoms with Gasteiger partial charge >= 0.3 is 12.5 Å². The SMILES string of the molecule is COc1cccc(CN(CC(O)C(F)(F)F)c2cccc(OC(F)(F)F)c2)c1. The molecule has 0 heterocycles. The Balaban J connectivity index is 2.33. The molecule has 28 heavy (non-hydrogen) atoms. The zero-order chi connectivity index (χ0) is 20.9. The summed E-state index contributed by atoms with van der Waals surface area (Å²) in [6.07, 6.45) is -12.5. The van der Waals surface area contributed by atoms with Crippen LogP contribution in [0.3, 0.4) is 0 Å². The Morgan fingerprint density at radius 2 is 1.61 bits per heavy atom. The van der Waals surface area contributed by atoms with Gasteiger partial charge in [0, 0.05) is 18.3 Å². The van der Waals surface area contributed by atoms with Gasteiger partial charge in [0.05, 0.1) is 13.7 Å². The van der Waals surface area contributed by atoms with Crippen LogP contribution in [0.25, 0.3) is 0 Å². The minimum atomic E-state index is -4.94. The number of anilines is 1. The Bertz CT molecular complexity index is 778. The summed E-state index contributed by atoms with van der Waals surface area (Å²) in [6, 6.07) is 11.0. The predicted octanol–water partition coefficient (Wildman–Crippen LogP) is 4.52. The van der Waals surface area contributed by atoms with Crippen LogP contribution in [0, 0.1) is 0 Å². The van der Waals surface area contributed by atoms with Crippen LogP contribution in [-0.4, -0.2) is 37.4 Å². The fourth-order valence-corrected chi connectivity index (χ4v) is 2.44. The number of halogens is 6. The quantitative estimate of drug-likeness (QED) is 0.683. The Morgan fingerprint density at radius 1 is 0.964 bits per heavy atom. The highest BCUT2D eigenvalue weighted by atomic mass is 19.4. The molecule has 0 fully saturated rings. The zero-order valence-corrected chi connectivity index (χ0v) is 14.6. The average Bonchev–Trinajstić information content (AvgIpc) is 2.59. The molecule has 0 radical (unpaired) electrons. The molecule has 0 aromatic heterocycles. The normalized spacial score (nSPS) is 13.1. The minimum absolute atomic E-state index is 0.0212. The molecule has 1 N–H and O–H groups in total. The van der Waals surface area contributed by atoms with Crippen molar-refractivity contribution in [2.75, 3.05) is 18.6 Å². The number of ether oxygens (including phenoxy) is 2. The second-order valence-corrected chi connectivity index (χ2v) is 5.83. The number of rotatable bonds is 7. The number of alkyl halides is 6. The van der Waals surface area contributed by atoms with Crippen LogP contribution in [-0.2, 0) is 6.54 Å². The van der Waals surface area contributed by atoms with E-state index in [-0.39, 0.29) is 12.2 Å². The minimum Gasteiger partial charge on any atom is -0.497 e. The number of aliphatic hydroxyl groups excluding tert-OH is 1. The summed E-state index contributed by atoms with van der Waals surface area (Å²) in [6.45, 7) is -0.990. The van der Waals surface area contributed by atoms with Gasteiger partial charge in [-0.1, -0.05) is 18.2 Å². The molecule has 1 atom stereocenters. The van der Waals surface area contributed by atoms with Gasteiger partial charge in [0.25, 0.3) is 0 Å². The first kappa shape index (κ1) is 21.7. The summed E-state index contributed by atoms with van der Waals surface area (Å²) < 4.78 is 84.6. The maximum atomic E-state index is 12.8. The Kier molecular flexibility index (Phi) is 6.65. The van der Waals surface area contributed by atoms with Gasteiger partial charge in [-0.05, 0) is 29.8 Å². The van der Waals surface area contributed by atoms with Crippen molar-refractivity contribution in [2.24, 2.45) is 0 Å². The van der Waals surface area contributed by atoms with Gasteiger partial charge in [0.15, 0.2) is 6.10 Å². The summed E-state index contributed by atoms with van der Waals surface area (Å²) in [5, 5.41) is 9.45. The monoisotopic (exact) mass is 409 g/mol. The maximum absolute atomic E-state index is 12.8. The van der Waals surface area contributed by atoms with Crippen LogP contribution in [0.4, 0.5) is 32.0 Å². The molecule has 0 amide bonds. The fraction of sp³-hybridized carbons (Fsp3) is 0.333. The third kappa shape index (κ3) is 6.52. The van der Waals surface area contributed by atoms with Crippen LogP contribution in [0.5, 0.6) is 11.5 Å². The smallest absolute Gasteiger partial charge is 0.497 e. The van der Waals surface area contributed by atoms with Gasteiger partial charge in [-0.3, -0.25) is 0 Å².